The Hall–Kier alpha value is -2.60. The third-order valence-corrected chi connectivity index (χ3v) is 10.2. The lowest BCUT2D eigenvalue weighted by atomic mass is 10.2. The number of rotatable bonds is 5. The molecule has 0 radical (unpaired) electrons. The predicted molar refractivity (Wildman–Crippen MR) is 106 cm³/mol. The average molecular weight is 442 g/mol. The number of pyridine rings is 2. The Kier molecular flexibility index (Phi) is 4.90. The van der Waals surface area contributed by atoms with E-state index in [0.29, 0.717) is 0 Å². The van der Waals surface area contributed by atoms with Crippen molar-refractivity contribution in [3.05, 3.63) is 46.9 Å². The van der Waals surface area contributed by atoms with Gasteiger partial charge in [0, 0.05) is 25.8 Å². The van der Waals surface area contributed by atoms with Crippen molar-refractivity contribution in [3.8, 4) is 11.3 Å². The van der Waals surface area contributed by atoms with Crippen LogP contribution < -0.4 is 5.69 Å². The zero-order valence-electron chi connectivity index (χ0n) is 16.1. The summed E-state index contributed by atoms with van der Waals surface area (Å²) in [5, 5.41) is 0. The molecule has 3 aromatic rings. The maximum atomic E-state index is 14.0. The molecule has 0 saturated carbocycles. The molecule has 0 saturated heterocycles. The van der Waals surface area contributed by atoms with Crippen LogP contribution in [0.5, 0.6) is 0 Å². The second kappa shape index (κ2) is 6.73. The summed E-state index contributed by atoms with van der Waals surface area (Å²) < 4.78 is 63.0. The summed E-state index contributed by atoms with van der Waals surface area (Å²) in [7, 11) is -6.76. The number of imidazole rings is 1. The number of fused-ring (bicyclic) bond motifs is 1. The first kappa shape index (κ1) is 21.1. The van der Waals surface area contributed by atoms with Gasteiger partial charge in [0.05, 0.1) is 23.3 Å². The van der Waals surface area contributed by atoms with Gasteiger partial charge in [-0.15, -0.1) is 0 Å². The highest BCUT2D eigenvalue weighted by atomic mass is 32.3. The summed E-state index contributed by atoms with van der Waals surface area (Å²) in [6, 6.07) is 5.95. The molecule has 0 amide bonds. The smallest absolute Gasteiger partial charge is 0.288 e. The van der Waals surface area contributed by atoms with E-state index >= 15 is 0 Å². The predicted octanol–water partition coefficient (Wildman–Crippen LogP) is 0.742. The van der Waals surface area contributed by atoms with Crippen molar-refractivity contribution in [3.63, 3.8) is 0 Å². The molecule has 0 fully saturated rings. The molecule has 3 aromatic heterocycles. The minimum atomic E-state index is -4.09. The maximum Gasteiger partial charge on any atom is 0.330 e. The van der Waals surface area contributed by atoms with E-state index in [-0.39, 0.29) is 22.4 Å². The molecule has 0 aromatic carbocycles. The molecule has 0 unspecified atom stereocenters. The molecule has 0 N–H and O–H groups in total. The van der Waals surface area contributed by atoms with E-state index < -0.39 is 41.9 Å². The van der Waals surface area contributed by atoms with E-state index in [4.69, 9.17) is 0 Å². The van der Waals surface area contributed by atoms with Gasteiger partial charge in [-0.2, -0.15) is 4.39 Å². The van der Waals surface area contributed by atoms with E-state index in [2.05, 4.69) is 9.97 Å². The lowest BCUT2D eigenvalue weighted by Gasteiger charge is -2.25. The molecule has 0 aliphatic carbocycles. The first-order valence-electron chi connectivity index (χ1n) is 8.34. The van der Waals surface area contributed by atoms with Crippen molar-refractivity contribution in [1.29, 1.82) is 0 Å². The van der Waals surface area contributed by atoms with E-state index in [0.717, 1.165) is 28.6 Å². The van der Waals surface area contributed by atoms with Crippen LogP contribution in [0.1, 0.15) is 6.92 Å². The second-order valence-electron chi connectivity index (χ2n) is 6.99. The van der Waals surface area contributed by atoms with E-state index in [1.807, 2.05) is 0 Å². The third kappa shape index (κ3) is 3.35. The van der Waals surface area contributed by atoms with Crippen molar-refractivity contribution in [2.75, 3.05) is 12.5 Å². The fraction of sp³-hybridized carbons (Fsp3) is 0.353. The lowest BCUT2D eigenvalue weighted by Crippen LogP contribution is -2.47. The highest BCUT2D eigenvalue weighted by Gasteiger charge is 2.47. The summed E-state index contributed by atoms with van der Waals surface area (Å²) in [5.41, 5.74) is 0.0931. The van der Waals surface area contributed by atoms with Gasteiger partial charge in [0.1, 0.15) is 0 Å². The van der Waals surface area contributed by atoms with Crippen LogP contribution in [0, 0.1) is 5.95 Å². The summed E-state index contributed by atoms with van der Waals surface area (Å²) in [6.07, 6.45) is 2.91. The van der Waals surface area contributed by atoms with E-state index in [9.17, 15) is 26.0 Å². The molecule has 0 atom stereocenters. The Bertz CT molecular complexity index is 1360. The van der Waals surface area contributed by atoms with Gasteiger partial charge in [0.25, 0.3) is 0 Å². The number of aryl methyl sites for hydroxylation is 1. The number of hydrogen-bond donors (Lipinski definition) is 0. The maximum absolute atomic E-state index is 14.0. The topological polar surface area (TPSA) is 121 Å². The Labute approximate surface area is 166 Å². The third-order valence-electron chi connectivity index (χ3n) is 5.03. The van der Waals surface area contributed by atoms with Gasteiger partial charge in [0.15, 0.2) is 29.4 Å². The molecule has 29 heavy (non-hydrogen) atoms. The van der Waals surface area contributed by atoms with Crippen LogP contribution in [0.15, 0.2) is 35.3 Å². The van der Waals surface area contributed by atoms with E-state index in [1.54, 1.807) is 0 Å². The van der Waals surface area contributed by atoms with Gasteiger partial charge < -0.3 is 0 Å². The summed E-state index contributed by atoms with van der Waals surface area (Å²) in [4.78, 5) is 20.6. The normalized spacial score (nSPS) is 13.1. The number of nitrogens with zero attached hydrogens (tertiary/aromatic N) is 4. The lowest BCUT2D eigenvalue weighted by molar-refractivity contribution is 0.521. The minimum Gasteiger partial charge on any atom is -0.288 e. The van der Waals surface area contributed by atoms with Crippen LogP contribution in [0.2, 0.25) is 0 Å². The monoisotopic (exact) mass is 442 g/mol. The Morgan fingerprint density at radius 1 is 1.10 bits per heavy atom. The number of sulfone groups is 2. The first-order chi connectivity index (χ1) is 13.3. The quantitative estimate of drug-likeness (QED) is 0.534. The van der Waals surface area contributed by atoms with Crippen molar-refractivity contribution in [2.45, 2.75) is 17.5 Å². The van der Waals surface area contributed by atoms with Crippen LogP contribution in [0.4, 0.5) is 4.39 Å². The Morgan fingerprint density at radius 2 is 1.72 bits per heavy atom. The van der Waals surface area contributed by atoms with E-state index in [1.165, 1.54) is 37.5 Å². The fourth-order valence-corrected chi connectivity index (χ4v) is 5.88. The van der Waals surface area contributed by atoms with Crippen LogP contribution in [-0.4, -0.2) is 52.5 Å². The molecule has 0 spiro atoms. The molecular weight excluding hydrogens is 423 g/mol. The Balaban J connectivity index is 2.25. The molecule has 3 rings (SSSR count). The molecule has 12 heteroatoms. The molecule has 0 aliphatic heterocycles. The zero-order chi connectivity index (χ0) is 21.8. The van der Waals surface area contributed by atoms with Gasteiger partial charge in [-0.25, -0.2) is 31.6 Å². The summed E-state index contributed by atoms with van der Waals surface area (Å²) >= 11 is 0. The molecule has 0 aliphatic rings. The van der Waals surface area contributed by atoms with Crippen LogP contribution in [0.25, 0.3) is 22.4 Å². The van der Waals surface area contributed by atoms with Gasteiger partial charge in [-0.3, -0.25) is 9.13 Å². The molecule has 0 bridgehead atoms. The summed E-state index contributed by atoms with van der Waals surface area (Å²) in [5.74, 6) is -0.731. The van der Waals surface area contributed by atoms with Crippen LogP contribution in [0.3, 0.4) is 0 Å². The Morgan fingerprint density at radius 3 is 2.28 bits per heavy atom. The van der Waals surface area contributed by atoms with Gasteiger partial charge in [-0.1, -0.05) is 0 Å². The molecule has 9 nitrogen and oxygen atoms in total. The number of halogens is 1. The van der Waals surface area contributed by atoms with Gasteiger partial charge in [-0.05, 0) is 31.2 Å². The largest absolute Gasteiger partial charge is 0.330 e. The van der Waals surface area contributed by atoms with Crippen molar-refractivity contribution in [2.24, 2.45) is 7.05 Å². The number of aromatic nitrogens is 4. The highest BCUT2D eigenvalue weighted by molar-refractivity contribution is 8.09. The van der Waals surface area contributed by atoms with Crippen molar-refractivity contribution in [1.82, 2.24) is 19.1 Å². The van der Waals surface area contributed by atoms with Crippen LogP contribution in [-0.2, 0) is 33.3 Å². The van der Waals surface area contributed by atoms with Crippen molar-refractivity contribution >= 4 is 30.8 Å². The standard InChI is InChI=1S/C17H19FN4O5S2/c1-17(28(3,24)25,29(4,26)27)10-22-13-8-7-12(11-6-5-9-19-14(11)18)20-15(13)21(2)16(22)23/h5-9H,10H2,1-4H3. The molecular formula is C17H19FN4O5S2. The number of hydrogen-bond acceptors (Lipinski definition) is 7. The van der Waals surface area contributed by atoms with Gasteiger partial charge in [0.2, 0.25) is 5.95 Å². The average Bonchev–Trinajstić information content (AvgIpc) is 2.84. The SMILES string of the molecule is Cn1c(=O)n(CC(C)(S(C)(=O)=O)S(C)(=O)=O)c2ccc(-c3cccnc3F)nc21. The fourth-order valence-electron chi connectivity index (χ4n) is 2.95. The van der Waals surface area contributed by atoms with Gasteiger partial charge >= 0.3 is 5.69 Å². The minimum absolute atomic E-state index is 0.131. The van der Waals surface area contributed by atoms with Crippen molar-refractivity contribution < 1.29 is 21.2 Å². The summed E-state index contributed by atoms with van der Waals surface area (Å²) in [6.45, 7) is 0.457. The highest BCUT2D eigenvalue weighted by Crippen LogP contribution is 2.27. The second-order valence-corrected chi connectivity index (χ2v) is 12.1. The first-order valence-corrected chi connectivity index (χ1v) is 12.1. The van der Waals surface area contributed by atoms with Crippen LogP contribution >= 0.6 is 0 Å². The zero-order valence-corrected chi connectivity index (χ0v) is 17.8. The molecule has 3 heterocycles. The molecule has 156 valence electrons.